The second-order valence-corrected chi connectivity index (χ2v) is 5.46. The van der Waals surface area contributed by atoms with Crippen LogP contribution in [-0.2, 0) is 4.79 Å². The molecule has 4 heteroatoms. The number of aromatic nitrogens is 1. The lowest BCUT2D eigenvalue weighted by atomic mass is 9.88. The van der Waals surface area contributed by atoms with E-state index in [4.69, 9.17) is 11.6 Å². The molecule has 0 radical (unpaired) electrons. The maximum absolute atomic E-state index is 11.2. The molecule has 2 N–H and O–H groups in total. The zero-order valence-electron chi connectivity index (χ0n) is 11.2. The van der Waals surface area contributed by atoms with Crippen LogP contribution in [0.4, 0.5) is 0 Å². The molecule has 21 heavy (non-hydrogen) atoms. The lowest BCUT2D eigenvalue weighted by molar-refractivity contribution is -0.137. The molecule has 0 fully saturated rings. The standard InChI is InChI=1S/C17H14ClNO2/c18-14-5-3-11(4-6-14)15(10-17(20)21)13-2-1-12-7-8-19-16(12)9-13/h1-9,15,19H,10H2,(H,20,21). The summed E-state index contributed by atoms with van der Waals surface area (Å²) in [5.74, 6) is -1.01. The quantitative estimate of drug-likeness (QED) is 0.749. The van der Waals surface area contributed by atoms with E-state index in [1.807, 2.05) is 42.6 Å². The van der Waals surface area contributed by atoms with Gasteiger partial charge in [0.2, 0.25) is 0 Å². The first kappa shape index (κ1) is 13.7. The number of carboxylic acid groups (broad SMARTS) is 1. The van der Waals surface area contributed by atoms with E-state index in [9.17, 15) is 9.90 Å². The Morgan fingerprint density at radius 2 is 1.81 bits per heavy atom. The minimum Gasteiger partial charge on any atom is -0.481 e. The Labute approximate surface area is 127 Å². The van der Waals surface area contributed by atoms with Gasteiger partial charge in [-0.2, -0.15) is 0 Å². The third kappa shape index (κ3) is 2.93. The van der Waals surface area contributed by atoms with Gasteiger partial charge in [-0.15, -0.1) is 0 Å². The van der Waals surface area contributed by atoms with Crippen LogP contribution in [0.1, 0.15) is 23.5 Å². The predicted molar refractivity (Wildman–Crippen MR) is 83.8 cm³/mol. The molecule has 106 valence electrons. The van der Waals surface area contributed by atoms with Crippen LogP contribution < -0.4 is 0 Å². The van der Waals surface area contributed by atoms with Gasteiger partial charge >= 0.3 is 5.97 Å². The highest BCUT2D eigenvalue weighted by Crippen LogP contribution is 2.30. The molecule has 0 saturated heterocycles. The number of benzene rings is 2. The summed E-state index contributed by atoms with van der Waals surface area (Å²) in [4.78, 5) is 14.4. The monoisotopic (exact) mass is 299 g/mol. The van der Waals surface area contributed by atoms with Gasteiger partial charge in [-0.3, -0.25) is 4.79 Å². The minimum atomic E-state index is -0.818. The Morgan fingerprint density at radius 3 is 2.52 bits per heavy atom. The number of halogens is 1. The van der Waals surface area contributed by atoms with E-state index in [-0.39, 0.29) is 12.3 Å². The lowest BCUT2D eigenvalue weighted by Crippen LogP contribution is -2.08. The third-order valence-corrected chi connectivity index (χ3v) is 3.88. The third-order valence-electron chi connectivity index (χ3n) is 3.63. The summed E-state index contributed by atoms with van der Waals surface area (Å²) in [7, 11) is 0. The molecular weight excluding hydrogens is 286 g/mol. The van der Waals surface area contributed by atoms with E-state index in [0.29, 0.717) is 5.02 Å². The molecule has 3 aromatic rings. The summed E-state index contributed by atoms with van der Waals surface area (Å²) in [6.07, 6.45) is 1.93. The molecule has 0 bridgehead atoms. The highest BCUT2D eigenvalue weighted by Gasteiger charge is 2.18. The van der Waals surface area contributed by atoms with Crippen LogP contribution >= 0.6 is 11.6 Å². The zero-order chi connectivity index (χ0) is 14.8. The number of rotatable bonds is 4. The fraction of sp³-hybridized carbons (Fsp3) is 0.118. The molecule has 0 amide bonds. The Kier molecular flexibility index (Phi) is 3.67. The SMILES string of the molecule is O=C(O)CC(c1ccc(Cl)cc1)c1ccc2cc[nH]c2c1. The number of H-pyrrole nitrogens is 1. The smallest absolute Gasteiger partial charge is 0.304 e. The van der Waals surface area contributed by atoms with Crippen LogP contribution in [0.25, 0.3) is 10.9 Å². The molecule has 1 aromatic heterocycles. The molecule has 1 heterocycles. The maximum Gasteiger partial charge on any atom is 0.304 e. The summed E-state index contributed by atoms with van der Waals surface area (Å²) in [6.45, 7) is 0. The fourth-order valence-corrected chi connectivity index (χ4v) is 2.71. The molecule has 0 aliphatic rings. The van der Waals surface area contributed by atoms with Gasteiger partial charge in [0, 0.05) is 22.7 Å². The van der Waals surface area contributed by atoms with Crippen LogP contribution in [0.2, 0.25) is 5.02 Å². The summed E-state index contributed by atoms with van der Waals surface area (Å²) in [5.41, 5.74) is 2.94. The van der Waals surface area contributed by atoms with Gasteiger partial charge in [0.25, 0.3) is 0 Å². The number of carbonyl (C=O) groups is 1. The van der Waals surface area contributed by atoms with Crippen molar-refractivity contribution in [3.63, 3.8) is 0 Å². The van der Waals surface area contributed by atoms with Crippen molar-refractivity contribution in [2.45, 2.75) is 12.3 Å². The Balaban J connectivity index is 2.05. The van der Waals surface area contributed by atoms with Gasteiger partial charge in [-0.1, -0.05) is 35.9 Å². The first-order valence-corrected chi connectivity index (χ1v) is 7.05. The Hall–Kier alpha value is -2.26. The number of fused-ring (bicyclic) bond motifs is 1. The Bertz CT molecular complexity index is 777. The van der Waals surface area contributed by atoms with E-state index < -0.39 is 5.97 Å². The molecule has 1 atom stereocenters. The van der Waals surface area contributed by atoms with Crippen LogP contribution in [0.3, 0.4) is 0 Å². The van der Waals surface area contributed by atoms with Crippen LogP contribution in [0, 0.1) is 0 Å². The molecule has 0 spiro atoms. The first-order chi connectivity index (χ1) is 10.1. The molecule has 3 rings (SSSR count). The Morgan fingerprint density at radius 1 is 1.10 bits per heavy atom. The van der Waals surface area contributed by atoms with Gasteiger partial charge in [0.1, 0.15) is 0 Å². The van der Waals surface area contributed by atoms with Gasteiger partial charge in [0.05, 0.1) is 6.42 Å². The number of aromatic amines is 1. The minimum absolute atomic E-state index is 0.0495. The maximum atomic E-state index is 11.2. The lowest BCUT2D eigenvalue weighted by Gasteiger charge is -2.16. The highest BCUT2D eigenvalue weighted by molar-refractivity contribution is 6.30. The van der Waals surface area contributed by atoms with Crippen LogP contribution in [0.5, 0.6) is 0 Å². The van der Waals surface area contributed by atoms with Crippen molar-refractivity contribution in [2.75, 3.05) is 0 Å². The average Bonchev–Trinajstić information content (AvgIpc) is 2.93. The zero-order valence-corrected chi connectivity index (χ0v) is 12.0. The highest BCUT2D eigenvalue weighted by atomic mass is 35.5. The van der Waals surface area contributed by atoms with Gasteiger partial charge < -0.3 is 10.1 Å². The van der Waals surface area contributed by atoms with E-state index in [1.54, 1.807) is 12.1 Å². The largest absolute Gasteiger partial charge is 0.481 e. The van der Waals surface area contributed by atoms with Crippen molar-refractivity contribution in [1.29, 1.82) is 0 Å². The summed E-state index contributed by atoms with van der Waals surface area (Å²) in [5, 5.41) is 11.0. The van der Waals surface area contributed by atoms with Crippen molar-refractivity contribution in [3.8, 4) is 0 Å². The van der Waals surface area contributed by atoms with E-state index >= 15 is 0 Å². The second kappa shape index (κ2) is 5.62. The second-order valence-electron chi connectivity index (χ2n) is 5.03. The molecule has 3 nitrogen and oxygen atoms in total. The van der Waals surface area contributed by atoms with Gasteiger partial charge in [-0.05, 0) is 40.8 Å². The molecular formula is C17H14ClNO2. The van der Waals surface area contributed by atoms with E-state index in [1.165, 1.54) is 0 Å². The number of hydrogen-bond donors (Lipinski definition) is 2. The van der Waals surface area contributed by atoms with Crippen LogP contribution in [-0.4, -0.2) is 16.1 Å². The normalized spacial score (nSPS) is 12.4. The molecule has 0 saturated carbocycles. The fourth-order valence-electron chi connectivity index (χ4n) is 2.58. The summed E-state index contributed by atoms with van der Waals surface area (Å²) < 4.78 is 0. The first-order valence-electron chi connectivity index (χ1n) is 6.68. The van der Waals surface area contributed by atoms with Crippen molar-refractivity contribution in [2.24, 2.45) is 0 Å². The number of aliphatic carboxylic acids is 1. The average molecular weight is 300 g/mol. The summed E-state index contributed by atoms with van der Waals surface area (Å²) in [6, 6.07) is 15.3. The van der Waals surface area contributed by atoms with Crippen molar-refractivity contribution >= 4 is 28.5 Å². The predicted octanol–water partition coefficient (Wildman–Crippen LogP) is 4.43. The van der Waals surface area contributed by atoms with E-state index in [2.05, 4.69) is 4.98 Å². The number of carboxylic acids is 1. The summed E-state index contributed by atoms with van der Waals surface area (Å²) >= 11 is 5.91. The number of hydrogen-bond acceptors (Lipinski definition) is 1. The van der Waals surface area contributed by atoms with Gasteiger partial charge in [-0.25, -0.2) is 0 Å². The topological polar surface area (TPSA) is 53.1 Å². The molecule has 0 aliphatic carbocycles. The van der Waals surface area contributed by atoms with Crippen LogP contribution in [0.15, 0.2) is 54.7 Å². The number of nitrogens with one attached hydrogen (secondary N) is 1. The van der Waals surface area contributed by atoms with Crippen molar-refractivity contribution < 1.29 is 9.90 Å². The molecule has 1 unspecified atom stereocenters. The van der Waals surface area contributed by atoms with Gasteiger partial charge in [0.15, 0.2) is 0 Å². The van der Waals surface area contributed by atoms with Crippen molar-refractivity contribution in [3.05, 3.63) is 70.9 Å². The molecule has 0 aliphatic heterocycles. The van der Waals surface area contributed by atoms with E-state index in [0.717, 1.165) is 22.0 Å². The van der Waals surface area contributed by atoms with Crippen molar-refractivity contribution in [1.82, 2.24) is 4.98 Å². The molecule has 2 aromatic carbocycles.